The number of hydrazone groups is 1. The first kappa shape index (κ1) is 31.3. The van der Waals surface area contributed by atoms with Crippen LogP contribution in [-0.4, -0.2) is 74.6 Å². The van der Waals surface area contributed by atoms with Gasteiger partial charge in [-0.2, -0.15) is 23.0 Å². The number of hydrogen-bond donors (Lipinski definition) is 3. The van der Waals surface area contributed by atoms with Crippen LogP contribution in [0.3, 0.4) is 0 Å². The number of nitrogens with one attached hydrogen (secondary N) is 2. The molecular weight excluding hydrogens is 573 g/mol. The minimum Gasteiger partial charge on any atom is -0.361 e. The Morgan fingerprint density at radius 1 is 1.05 bits per heavy atom. The topological polar surface area (TPSA) is 137 Å². The summed E-state index contributed by atoms with van der Waals surface area (Å²) >= 11 is 0. The largest absolute Gasteiger partial charge is 0.416 e. The molecule has 2 aliphatic heterocycles. The van der Waals surface area contributed by atoms with Crippen molar-refractivity contribution in [3.63, 3.8) is 0 Å². The highest BCUT2D eigenvalue weighted by molar-refractivity contribution is 7.89. The standard InChI is InChI=1S/C28H35F3N6O4S/c29-28(30,31)22-8-4-9-23(17-22)42(40,41)35-24(16-20-6-2-1-3-7-20)27(39)37-13-5-10-25(37)26(38)33-18-21-11-14-36(15-12-21)19-34-32/h1-4,6-9,17,19,21,24-25,35H,5,10-16,18,32H2,(H,33,38)/t24-,25+/m1/s1. The molecule has 0 saturated carbocycles. The van der Waals surface area contributed by atoms with Crippen molar-refractivity contribution in [1.29, 1.82) is 0 Å². The van der Waals surface area contributed by atoms with Crippen molar-refractivity contribution in [2.75, 3.05) is 26.2 Å². The van der Waals surface area contributed by atoms with Gasteiger partial charge in [-0.25, -0.2) is 8.42 Å². The van der Waals surface area contributed by atoms with Crippen LogP contribution in [0.1, 0.15) is 36.8 Å². The maximum atomic E-state index is 13.8. The lowest BCUT2D eigenvalue weighted by molar-refractivity contribution is -0.139. The van der Waals surface area contributed by atoms with Crippen LogP contribution in [0.2, 0.25) is 0 Å². The van der Waals surface area contributed by atoms with Crippen LogP contribution in [0.15, 0.2) is 64.6 Å². The summed E-state index contributed by atoms with van der Waals surface area (Å²) in [6.45, 7) is 2.23. The average molecular weight is 609 g/mol. The summed E-state index contributed by atoms with van der Waals surface area (Å²) in [5.41, 5.74) is -0.473. The van der Waals surface area contributed by atoms with Crippen molar-refractivity contribution < 1.29 is 31.2 Å². The van der Waals surface area contributed by atoms with Crippen molar-refractivity contribution in [3.05, 3.63) is 65.7 Å². The molecule has 2 atom stereocenters. The molecule has 0 spiro atoms. The second kappa shape index (κ2) is 13.6. The number of nitrogens with two attached hydrogens (primary N) is 1. The predicted octanol–water partition coefficient (Wildman–Crippen LogP) is 2.32. The third-order valence-electron chi connectivity index (χ3n) is 7.63. The van der Waals surface area contributed by atoms with E-state index in [0.717, 1.165) is 44.1 Å². The molecular formula is C28H35F3N6O4S. The van der Waals surface area contributed by atoms with Crippen LogP contribution in [0.5, 0.6) is 0 Å². The summed E-state index contributed by atoms with van der Waals surface area (Å²) in [7, 11) is -4.53. The summed E-state index contributed by atoms with van der Waals surface area (Å²) in [5.74, 6) is 4.54. The second-order valence-corrected chi connectivity index (χ2v) is 12.3. The Kier molecular flexibility index (Phi) is 10.1. The Hall–Kier alpha value is -3.65. The summed E-state index contributed by atoms with van der Waals surface area (Å²) in [6.07, 6.45) is -0.541. The van der Waals surface area contributed by atoms with E-state index in [9.17, 15) is 31.2 Å². The highest BCUT2D eigenvalue weighted by atomic mass is 32.2. The molecule has 0 aliphatic carbocycles. The molecule has 0 aromatic heterocycles. The third kappa shape index (κ3) is 8.00. The van der Waals surface area contributed by atoms with Gasteiger partial charge in [0.1, 0.15) is 18.4 Å². The maximum absolute atomic E-state index is 13.8. The van der Waals surface area contributed by atoms with Gasteiger partial charge in [0.25, 0.3) is 0 Å². The van der Waals surface area contributed by atoms with Crippen molar-refractivity contribution in [2.45, 2.75) is 55.3 Å². The van der Waals surface area contributed by atoms with Crippen molar-refractivity contribution in [1.82, 2.24) is 19.8 Å². The minimum atomic E-state index is -4.74. The number of carbonyl (C=O) groups excluding carboxylic acids is 2. The Morgan fingerprint density at radius 2 is 1.76 bits per heavy atom. The molecule has 0 radical (unpaired) electrons. The number of sulfonamides is 1. The van der Waals surface area contributed by atoms with Crippen LogP contribution in [0.25, 0.3) is 0 Å². The van der Waals surface area contributed by atoms with E-state index in [0.29, 0.717) is 31.0 Å². The van der Waals surface area contributed by atoms with Gasteiger partial charge < -0.3 is 21.0 Å². The van der Waals surface area contributed by atoms with E-state index in [4.69, 9.17) is 5.84 Å². The van der Waals surface area contributed by atoms with Gasteiger partial charge in [0.05, 0.1) is 10.5 Å². The van der Waals surface area contributed by atoms with Crippen LogP contribution in [0, 0.1) is 5.92 Å². The van der Waals surface area contributed by atoms with E-state index >= 15 is 0 Å². The molecule has 228 valence electrons. The first-order chi connectivity index (χ1) is 20.0. The molecule has 42 heavy (non-hydrogen) atoms. The Morgan fingerprint density at radius 3 is 2.43 bits per heavy atom. The fraction of sp³-hybridized carbons (Fsp3) is 0.464. The van der Waals surface area contributed by atoms with Gasteiger partial charge in [-0.3, -0.25) is 9.59 Å². The smallest absolute Gasteiger partial charge is 0.361 e. The van der Waals surface area contributed by atoms with Gasteiger partial charge in [0, 0.05) is 26.2 Å². The molecule has 0 bridgehead atoms. The first-order valence-corrected chi connectivity index (χ1v) is 15.3. The highest BCUT2D eigenvalue weighted by Gasteiger charge is 2.39. The lowest BCUT2D eigenvalue weighted by atomic mass is 9.97. The fourth-order valence-corrected chi connectivity index (χ4v) is 6.59. The van der Waals surface area contributed by atoms with Crippen LogP contribution >= 0.6 is 0 Å². The molecule has 4 N–H and O–H groups in total. The first-order valence-electron chi connectivity index (χ1n) is 13.8. The van der Waals surface area contributed by atoms with Gasteiger partial charge in [0.15, 0.2) is 0 Å². The van der Waals surface area contributed by atoms with Gasteiger partial charge in [-0.1, -0.05) is 36.4 Å². The van der Waals surface area contributed by atoms with Gasteiger partial charge in [-0.05, 0) is 61.8 Å². The van der Waals surface area contributed by atoms with E-state index in [-0.39, 0.29) is 24.8 Å². The van der Waals surface area contributed by atoms with Crippen LogP contribution in [0.4, 0.5) is 13.2 Å². The van der Waals surface area contributed by atoms with E-state index < -0.39 is 44.6 Å². The lowest BCUT2D eigenvalue weighted by Gasteiger charge is -2.31. The predicted molar refractivity (Wildman–Crippen MR) is 150 cm³/mol. The van der Waals surface area contributed by atoms with Crippen LogP contribution in [-0.2, 0) is 32.2 Å². The number of amides is 2. The Bertz CT molecular complexity index is 1370. The molecule has 2 saturated heterocycles. The number of likely N-dealkylation sites (tertiary alicyclic amines) is 2. The third-order valence-corrected chi connectivity index (χ3v) is 9.10. The molecule has 14 heteroatoms. The number of hydrogen-bond acceptors (Lipinski definition) is 6. The number of carbonyl (C=O) groups is 2. The number of nitrogens with zero attached hydrogens (tertiary/aromatic N) is 3. The Labute approximate surface area is 243 Å². The minimum absolute atomic E-state index is 0.0482. The lowest BCUT2D eigenvalue weighted by Crippen LogP contribution is -2.54. The fourth-order valence-electron chi connectivity index (χ4n) is 5.36. The summed E-state index contributed by atoms with van der Waals surface area (Å²) < 4.78 is 68.6. The molecule has 2 aromatic carbocycles. The van der Waals surface area contributed by atoms with Gasteiger partial charge in [-0.15, -0.1) is 0 Å². The van der Waals surface area contributed by atoms with E-state index in [1.165, 1.54) is 4.90 Å². The Balaban J connectivity index is 1.48. The zero-order valence-electron chi connectivity index (χ0n) is 23.0. The summed E-state index contributed by atoms with van der Waals surface area (Å²) in [6, 6.07) is 9.91. The number of piperidine rings is 1. The number of halogens is 3. The molecule has 2 fully saturated rings. The van der Waals surface area contributed by atoms with Gasteiger partial charge >= 0.3 is 6.18 Å². The number of alkyl halides is 3. The van der Waals surface area contributed by atoms with E-state index in [1.807, 2.05) is 4.90 Å². The normalized spacial score (nSPS) is 19.3. The van der Waals surface area contributed by atoms with Crippen molar-refractivity contribution in [3.8, 4) is 0 Å². The maximum Gasteiger partial charge on any atom is 0.416 e. The molecule has 2 amide bonds. The molecule has 2 heterocycles. The zero-order valence-corrected chi connectivity index (χ0v) is 23.8. The van der Waals surface area contributed by atoms with Gasteiger partial charge in [0.2, 0.25) is 21.8 Å². The highest BCUT2D eigenvalue weighted by Crippen LogP contribution is 2.30. The number of rotatable bonds is 10. The van der Waals surface area contributed by atoms with E-state index in [1.54, 1.807) is 36.7 Å². The number of benzene rings is 2. The SMILES string of the molecule is NN=CN1CCC(CNC(=O)[C@@H]2CCCN2C(=O)[C@@H](Cc2ccccc2)NS(=O)(=O)c2cccc(C(F)(F)F)c2)CC1. The molecule has 2 aromatic rings. The summed E-state index contributed by atoms with van der Waals surface area (Å²) in [4.78, 5) is 29.8. The van der Waals surface area contributed by atoms with Crippen molar-refractivity contribution >= 4 is 28.2 Å². The molecule has 2 aliphatic rings. The monoisotopic (exact) mass is 608 g/mol. The van der Waals surface area contributed by atoms with E-state index in [2.05, 4.69) is 15.1 Å². The van der Waals surface area contributed by atoms with Crippen LogP contribution < -0.4 is 15.9 Å². The molecule has 4 rings (SSSR count). The average Bonchev–Trinajstić information content (AvgIpc) is 3.46. The second-order valence-electron chi connectivity index (χ2n) is 10.6. The van der Waals surface area contributed by atoms with Crippen molar-refractivity contribution in [2.24, 2.45) is 16.9 Å². The molecule has 10 nitrogen and oxygen atoms in total. The molecule has 0 unspecified atom stereocenters. The quantitative estimate of drug-likeness (QED) is 0.164. The zero-order chi connectivity index (χ0) is 30.3. The summed E-state index contributed by atoms with van der Waals surface area (Å²) in [5, 5.41) is 6.49.